The zero-order valence-electron chi connectivity index (χ0n) is 16.1. The van der Waals surface area contributed by atoms with Gasteiger partial charge in [0.05, 0.1) is 18.7 Å². The number of hydrogen-bond donors (Lipinski definition) is 1. The van der Waals surface area contributed by atoms with Gasteiger partial charge in [0.15, 0.2) is 0 Å². The quantitative estimate of drug-likeness (QED) is 0.702. The van der Waals surface area contributed by atoms with E-state index in [1.54, 1.807) is 0 Å². The number of carbonyl (C=O) groups is 1. The van der Waals surface area contributed by atoms with Crippen LogP contribution in [0, 0.1) is 6.92 Å². The average Bonchev–Trinajstić information content (AvgIpc) is 3.40. The Kier molecular flexibility index (Phi) is 5.42. The molecular weight excluding hydrogens is 350 g/mol. The molecule has 1 aromatic heterocycles. The zero-order valence-corrected chi connectivity index (χ0v) is 16.1. The lowest BCUT2D eigenvalue weighted by molar-refractivity contribution is -0.131. The summed E-state index contributed by atoms with van der Waals surface area (Å²) in [5.74, 6) is 0.981. The molecule has 1 unspecified atom stereocenters. The highest BCUT2D eigenvalue weighted by Crippen LogP contribution is 2.31. The highest BCUT2D eigenvalue weighted by Gasteiger charge is 2.30. The molecule has 144 valence electrons. The van der Waals surface area contributed by atoms with Crippen LogP contribution in [0.5, 0.6) is 5.75 Å². The van der Waals surface area contributed by atoms with Gasteiger partial charge in [0, 0.05) is 18.3 Å². The van der Waals surface area contributed by atoms with Crippen molar-refractivity contribution in [3.8, 4) is 5.75 Å². The minimum atomic E-state index is 0.142. The third kappa shape index (κ3) is 4.09. The van der Waals surface area contributed by atoms with Gasteiger partial charge in [0.25, 0.3) is 0 Å². The number of rotatable bonds is 6. The van der Waals surface area contributed by atoms with E-state index in [2.05, 4.69) is 29.3 Å². The second-order valence-electron chi connectivity index (χ2n) is 7.31. The summed E-state index contributed by atoms with van der Waals surface area (Å²) in [6.45, 7) is 3.44. The van der Waals surface area contributed by atoms with Crippen LogP contribution in [0.15, 0.2) is 60.9 Å². The minimum absolute atomic E-state index is 0.142. The van der Waals surface area contributed by atoms with Crippen molar-refractivity contribution in [2.75, 3.05) is 6.54 Å². The molecule has 0 aliphatic carbocycles. The second-order valence-corrected chi connectivity index (χ2v) is 7.31. The van der Waals surface area contributed by atoms with Crippen LogP contribution in [0.2, 0.25) is 0 Å². The molecule has 1 amide bonds. The number of amides is 1. The predicted octanol–water partition coefficient (Wildman–Crippen LogP) is 4.20. The number of benzene rings is 2. The van der Waals surface area contributed by atoms with Crippen molar-refractivity contribution in [1.29, 1.82) is 0 Å². The molecule has 1 saturated heterocycles. The number of aryl methyl sites for hydroxylation is 1. The number of H-pyrrole nitrogens is 1. The van der Waals surface area contributed by atoms with E-state index in [-0.39, 0.29) is 11.9 Å². The summed E-state index contributed by atoms with van der Waals surface area (Å²) in [4.78, 5) is 14.8. The number of carbonyl (C=O) groups excluding carboxylic acids is 1. The summed E-state index contributed by atoms with van der Waals surface area (Å²) >= 11 is 0. The number of likely N-dealkylation sites (tertiary alicyclic amines) is 1. The second kappa shape index (κ2) is 8.30. The topological polar surface area (TPSA) is 58.2 Å². The molecule has 0 bridgehead atoms. The van der Waals surface area contributed by atoms with Gasteiger partial charge in [-0.15, -0.1) is 0 Å². The fraction of sp³-hybridized carbons (Fsp3) is 0.304. The van der Waals surface area contributed by atoms with E-state index in [1.807, 2.05) is 53.7 Å². The van der Waals surface area contributed by atoms with Gasteiger partial charge in [-0.05, 0) is 48.6 Å². The number of aromatic nitrogens is 2. The zero-order chi connectivity index (χ0) is 19.3. The van der Waals surface area contributed by atoms with E-state index in [1.165, 1.54) is 11.1 Å². The molecule has 1 aliphatic rings. The molecule has 2 aromatic carbocycles. The molecular formula is C23H25N3O2. The molecule has 1 N–H and O–H groups in total. The van der Waals surface area contributed by atoms with Crippen molar-refractivity contribution >= 4 is 5.91 Å². The van der Waals surface area contributed by atoms with Crippen LogP contribution >= 0.6 is 0 Å². The summed E-state index contributed by atoms with van der Waals surface area (Å²) < 4.78 is 5.89. The van der Waals surface area contributed by atoms with E-state index in [0.29, 0.717) is 13.0 Å². The molecule has 1 atom stereocenters. The van der Waals surface area contributed by atoms with Crippen molar-refractivity contribution in [3.05, 3.63) is 83.2 Å². The van der Waals surface area contributed by atoms with Crippen LogP contribution in [0.4, 0.5) is 0 Å². The van der Waals surface area contributed by atoms with Crippen molar-refractivity contribution in [3.63, 3.8) is 0 Å². The first kappa shape index (κ1) is 18.3. The van der Waals surface area contributed by atoms with Gasteiger partial charge in [-0.2, -0.15) is 5.10 Å². The number of ether oxygens (including phenoxy) is 1. The van der Waals surface area contributed by atoms with Crippen LogP contribution in [0.1, 0.15) is 41.1 Å². The van der Waals surface area contributed by atoms with Gasteiger partial charge in [0.1, 0.15) is 12.4 Å². The third-order valence-corrected chi connectivity index (χ3v) is 5.41. The predicted molar refractivity (Wildman–Crippen MR) is 108 cm³/mol. The molecule has 2 heterocycles. The molecule has 5 nitrogen and oxygen atoms in total. The lowest BCUT2D eigenvalue weighted by atomic mass is 10.1. The molecule has 5 heteroatoms. The molecule has 28 heavy (non-hydrogen) atoms. The van der Waals surface area contributed by atoms with Crippen LogP contribution < -0.4 is 4.74 Å². The summed E-state index contributed by atoms with van der Waals surface area (Å²) in [7, 11) is 0. The van der Waals surface area contributed by atoms with E-state index < -0.39 is 0 Å². The van der Waals surface area contributed by atoms with Crippen molar-refractivity contribution in [1.82, 2.24) is 15.1 Å². The SMILES string of the molecule is Cc1ccccc1COc1ccc(CC(=O)N2CCCC2c2cn[nH]c2)cc1. The van der Waals surface area contributed by atoms with E-state index in [0.717, 1.165) is 36.3 Å². The van der Waals surface area contributed by atoms with Crippen molar-refractivity contribution in [2.45, 2.75) is 38.8 Å². The maximum absolute atomic E-state index is 12.8. The molecule has 4 rings (SSSR count). The lowest BCUT2D eigenvalue weighted by Gasteiger charge is -2.24. The van der Waals surface area contributed by atoms with Crippen LogP contribution in [-0.2, 0) is 17.8 Å². The van der Waals surface area contributed by atoms with Crippen LogP contribution in [0.25, 0.3) is 0 Å². The molecule has 0 saturated carbocycles. The smallest absolute Gasteiger partial charge is 0.227 e. The molecule has 0 spiro atoms. The summed E-state index contributed by atoms with van der Waals surface area (Å²) in [5, 5.41) is 6.87. The van der Waals surface area contributed by atoms with Crippen molar-refractivity contribution < 1.29 is 9.53 Å². The van der Waals surface area contributed by atoms with E-state index in [9.17, 15) is 4.79 Å². The van der Waals surface area contributed by atoms with Gasteiger partial charge < -0.3 is 9.64 Å². The van der Waals surface area contributed by atoms with Crippen molar-refractivity contribution in [2.24, 2.45) is 0 Å². The highest BCUT2D eigenvalue weighted by atomic mass is 16.5. The maximum Gasteiger partial charge on any atom is 0.227 e. The Bertz CT molecular complexity index is 919. The monoisotopic (exact) mass is 375 g/mol. The fourth-order valence-corrected chi connectivity index (χ4v) is 3.77. The summed E-state index contributed by atoms with van der Waals surface area (Å²) in [6.07, 6.45) is 6.14. The van der Waals surface area contributed by atoms with Crippen LogP contribution in [-0.4, -0.2) is 27.5 Å². The largest absolute Gasteiger partial charge is 0.489 e. The van der Waals surface area contributed by atoms with Gasteiger partial charge in [-0.25, -0.2) is 0 Å². The summed E-state index contributed by atoms with van der Waals surface area (Å²) in [6, 6.07) is 16.2. The van der Waals surface area contributed by atoms with Gasteiger partial charge in [0.2, 0.25) is 5.91 Å². The first-order valence-electron chi connectivity index (χ1n) is 9.75. The Hall–Kier alpha value is -3.08. The van der Waals surface area contributed by atoms with Gasteiger partial charge in [-0.3, -0.25) is 9.89 Å². The Morgan fingerprint density at radius 3 is 2.79 bits per heavy atom. The standard InChI is InChI=1S/C23H25N3O2/c1-17-5-2-3-6-19(17)16-28-21-10-8-18(9-11-21)13-23(27)26-12-4-7-22(26)20-14-24-25-15-20/h2-3,5-6,8-11,14-15,22H,4,7,12-13,16H2,1H3,(H,24,25). The molecule has 3 aromatic rings. The number of nitrogens with zero attached hydrogens (tertiary/aromatic N) is 2. The first-order chi connectivity index (χ1) is 13.7. The van der Waals surface area contributed by atoms with E-state index >= 15 is 0 Å². The lowest BCUT2D eigenvalue weighted by Crippen LogP contribution is -2.31. The third-order valence-electron chi connectivity index (χ3n) is 5.41. The Morgan fingerprint density at radius 1 is 1.21 bits per heavy atom. The minimum Gasteiger partial charge on any atom is -0.489 e. The summed E-state index contributed by atoms with van der Waals surface area (Å²) in [5.41, 5.74) is 4.50. The number of hydrogen-bond acceptors (Lipinski definition) is 3. The number of nitrogens with one attached hydrogen (secondary N) is 1. The molecule has 1 fully saturated rings. The number of aromatic amines is 1. The van der Waals surface area contributed by atoms with Crippen LogP contribution in [0.3, 0.4) is 0 Å². The molecule has 0 radical (unpaired) electrons. The van der Waals surface area contributed by atoms with Gasteiger partial charge in [-0.1, -0.05) is 36.4 Å². The molecule has 1 aliphatic heterocycles. The maximum atomic E-state index is 12.8. The Morgan fingerprint density at radius 2 is 2.04 bits per heavy atom. The Labute approximate surface area is 165 Å². The van der Waals surface area contributed by atoms with E-state index in [4.69, 9.17) is 4.74 Å². The fourth-order valence-electron chi connectivity index (χ4n) is 3.77. The average molecular weight is 375 g/mol. The normalized spacial score (nSPS) is 16.3. The Balaban J connectivity index is 1.35. The first-order valence-corrected chi connectivity index (χ1v) is 9.75. The van der Waals surface area contributed by atoms with Gasteiger partial charge >= 0.3 is 0 Å². The highest BCUT2D eigenvalue weighted by molar-refractivity contribution is 5.79.